The molecule has 5 heteroatoms. The van der Waals surface area contributed by atoms with Gasteiger partial charge in [-0.2, -0.15) is 0 Å². The Kier molecular flexibility index (Phi) is 5.22. The van der Waals surface area contributed by atoms with Crippen molar-refractivity contribution in [2.75, 3.05) is 31.5 Å². The van der Waals surface area contributed by atoms with Gasteiger partial charge in [0.15, 0.2) is 0 Å². The smallest absolute Gasteiger partial charge is 0.338 e. The molecule has 0 bridgehead atoms. The van der Waals surface area contributed by atoms with Crippen LogP contribution in [0.2, 0.25) is 0 Å². The number of halogens is 1. The molecule has 0 saturated carbocycles. The van der Waals surface area contributed by atoms with E-state index in [4.69, 9.17) is 0 Å². The predicted molar refractivity (Wildman–Crippen MR) is 79.9 cm³/mol. The van der Waals surface area contributed by atoms with Gasteiger partial charge in [-0.05, 0) is 54.0 Å². The Bertz CT molecular complexity index is 445. The van der Waals surface area contributed by atoms with E-state index in [9.17, 15) is 9.90 Å². The van der Waals surface area contributed by atoms with E-state index in [0.29, 0.717) is 15.7 Å². The highest BCUT2D eigenvalue weighted by atomic mass is 79.9. The standard InChI is InChI=1S/C14H19BrN2O2/c15-11-5-4-6-12(13(11)14(18)19)16-7-10-17-8-2-1-3-9-17/h4-6,16H,1-3,7-10H2,(H,18,19). The molecule has 0 unspecified atom stereocenters. The summed E-state index contributed by atoms with van der Waals surface area (Å²) in [4.78, 5) is 13.7. The SMILES string of the molecule is O=C(O)c1c(Br)cccc1NCCN1CCCCC1. The Morgan fingerprint density at radius 2 is 2.05 bits per heavy atom. The summed E-state index contributed by atoms with van der Waals surface area (Å²) in [5.41, 5.74) is 0.986. The van der Waals surface area contributed by atoms with E-state index in [2.05, 4.69) is 26.1 Å². The molecule has 0 spiro atoms. The Balaban J connectivity index is 1.92. The average Bonchev–Trinajstić information content (AvgIpc) is 2.39. The largest absolute Gasteiger partial charge is 0.478 e. The van der Waals surface area contributed by atoms with Gasteiger partial charge in [-0.15, -0.1) is 0 Å². The van der Waals surface area contributed by atoms with E-state index in [-0.39, 0.29) is 0 Å². The summed E-state index contributed by atoms with van der Waals surface area (Å²) in [5.74, 6) is -0.909. The first-order valence-electron chi connectivity index (χ1n) is 6.66. The van der Waals surface area contributed by atoms with Gasteiger partial charge < -0.3 is 15.3 Å². The highest BCUT2D eigenvalue weighted by Gasteiger charge is 2.14. The minimum atomic E-state index is -0.909. The van der Waals surface area contributed by atoms with Crippen LogP contribution in [0.15, 0.2) is 22.7 Å². The van der Waals surface area contributed by atoms with Crippen LogP contribution in [0.3, 0.4) is 0 Å². The van der Waals surface area contributed by atoms with E-state index in [1.807, 2.05) is 12.1 Å². The summed E-state index contributed by atoms with van der Waals surface area (Å²) >= 11 is 3.28. The van der Waals surface area contributed by atoms with Crippen LogP contribution in [0.1, 0.15) is 29.6 Å². The first-order valence-corrected chi connectivity index (χ1v) is 7.46. The fourth-order valence-corrected chi connectivity index (χ4v) is 2.96. The summed E-state index contributed by atoms with van der Waals surface area (Å²) in [7, 11) is 0. The van der Waals surface area contributed by atoms with Gasteiger partial charge in [-0.25, -0.2) is 4.79 Å². The van der Waals surface area contributed by atoms with Crippen LogP contribution >= 0.6 is 15.9 Å². The second-order valence-corrected chi connectivity index (χ2v) is 5.65. The number of anilines is 1. The highest BCUT2D eigenvalue weighted by Crippen LogP contribution is 2.24. The second-order valence-electron chi connectivity index (χ2n) is 4.80. The van der Waals surface area contributed by atoms with Gasteiger partial charge in [0.1, 0.15) is 0 Å². The molecule has 0 amide bonds. The van der Waals surface area contributed by atoms with Crippen LogP contribution in [0.25, 0.3) is 0 Å². The quantitative estimate of drug-likeness (QED) is 0.873. The third kappa shape index (κ3) is 3.94. The maximum Gasteiger partial charge on any atom is 0.338 e. The normalized spacial score (nSPS) is 16.3. The van der Waals surface area contributed by atoms with E-state index in [1.165, 1.54) is 19.3 Å². The number of hydrogen-bond acceptors (Lipinski definition) is 3. The van der Waals surface area contributed by atoms with Crippen molar-refractivity contribution in [1.82, 2.24) is 4.90 Å². The number of piperidine rings is 1. The number of aromatic carboxylic acids is 1. The van der Waals surface area contributed by atoms with E-state index < -0.39 is 5.97 Å². The maximum atomic E-state index is 11.2. The molecule has 4 nitrogen and oxygen atoms in total. The maximum absolute atomic E-state index is 11.2. The Labute approximate surface area is 121 Å². The zero-order valence-corrected chi connectivity index (χ0v) is 12.4. The Morgan fingerprint density at radius 3 is 2.74 bits per heavy atom. The predicted octanol–water partition coefficient (Wildman–Crippen LogP) is 3.05. The molecule has 1 heterocycles. The van der Waals surface area contributed by atoms with Crippen molar-refractivity contribution in [3.8, 4) is 0 Å². The Hall–Kier alpha value is -1.07. The van der Waals surface area contributed by atoms with Crippen molar-refractivity contribution in [2.45, 2.75) is 19.3 Å². The second kappa shape index (κ2) is 6.91. The van der Waals surface area contributed by atoms with Crippen LogP contribution in [-0.2, 0) is 0 Å². The number of rotatable bonds is 5. The van der Waals surface area contributed by atoms with Crippen LogP contribution in [0.4, 0.5) is 5.69 Å². The topological polar surface area (TPSA) is 52.6 Å². The fraction of sp³-hybridized carbons (Fsp3) is 0.500. The molecule has 0 radical (unpaired) electrons. The van der Waals surface area contributed by atoms with Crippen molar-refractivity contribution >= 4 is 27.6 Å². The minimum absolute atomic E-state index is 0.307. The molecular weight excluding hydrogens is 308 g/mol. The van der Waals surface area contributed by atoms with Crippen LogP contribution in [-0.4, -0.2) is 42.2 Å². The van der Waals surface area contributed by atoms with E-state index >= 15 is 0 Å². The van der Waals surface area contributed by atoms with Crippen molar-refractivity contribution < 1.29 is 9.90 Å². The molecule has 0 aliphatic carbocycles. The lowest BCUT2D eigenvalue weighted by molar-refractivity contribution is 0.0697. The summed E-state index contributed by atoms with van der Waals surface area (Å²) in [6.07, 6.45) is 3.88. The lowest BCUT2D eigenvalue weighted by Gasteiger charge is -2.26. The van der Waals surface area contributed by atoms with Crippen molar-refractivity contribution in [1.29, 1.82) is 0 Å². The number of carbonyl (C=O) groups is 1. The molecule has 2 rings (SSSR count). The Morgan fingerprint density at radius 1 is 1.32 bits per heavy atom. The average molecular weight is 327 g/mol. The zero-order valence-electron chi connectivity index (χ0n) is 10.9. The number of nitrogens with one attached hydrogen (secondary N) is 1. The highest BCUT2D eigenvalue weighted by molar-refractivity contribution is 9.10. The van der Waals surface area contributed by atoms with E-state index in [1.54, 1.807) is 6.07 Å². The molecule has 104 valence electrons. The molecule has 2 N–H and O–H groups in total. The monoisotopic (exact) mass is 326 g/mol. The lowest BCUT2D eigenvalue weighted by atomic mass is 10.1. The molecule has 1 aliphatic rings. The van der Waals surface area contributed by atoms with Crippen molar-refractivity contribution in [3.05, 3.63) is 28.2 Å². The molecule has 1 aliphatic heterocycles. The van der Waals surface area contributed by atoms with Gasteiger partial charge in [-0.1, -0.05) is 12.5 Å². The number of hydrogen-bond donors (Lipinski definition) is 2. The summed E-state index contributed by atoms with van der Waals surface area (Å²) in [6, 6.07) is 5.41. The van der Waals surface area contributed by atoms with Crippen molar-refractivity contribution in [3.63, 3.8) is 0 Å². The third-order valence-corrected chi connectivity index (χ3v) is 4.08. The first kappa shape index (κ1) is 14.3. The van der Waals surface area contributed by atoms with Gasteiger partial charge in [0.25, 0.3) is 0 Å². The van der Waals surface area contributed by atoms with E-state index in [0.717, 1.165) is 26.2 Å². The van der Waals surface area contributed by atoms with Gasteiger partial charge in [0, 0.05) is 23.2 Å². The van der Waals surface area contributed by atoms with Gasteiger partial charge in [0.2, 0.25) is 0 Å². The molecule has 1 aromatic rings. The van der Waals surface area contributed by atoms with Crippen LogP contribution in [0, 0.1) is 0 Å². The summed E-state index contributed by atoms with van der Waals surface area (Å²) < 4.78 is 0.614. The zero-order chi connectivity index (χ0) is 13.7. The van der Waals surface area contributed by atoms with Gasteiger partial charge in [-0.3, -0.25) is 0 Å². The van der Waals surface area contributed by atoms with Gasteiger partial charge >= 0.3 is 5.97 Å². The molecule has 0 atom stereocenters. The lowest BCUT2D eigenvalue weighted by Crippen LogP contribution is -2.33. The fourth-order valence-electron chi connectivity index (χ4n) is 2.42. The number of carboxylic acids is 1. The van der Waals surface area contributed by atoms with Gasteiger partial charge in [0.05, 0.1) is 5.56 Å². The summed E-state index contributed by atoms with van der Waals surface area (Å²) in [6.45, 7) is 4.06. The molecule has 1 fully saturated rings. The van der Waals surface area contributed by atoms with Crippen LogP contribution < -0.4 is 5.32 Å². The number of likely N-dealkylation sites (tertiary alicyclic amines) is 1. The van der Waals surface area contributed by atoms with Crippen molar-refractivity contribution in [2.24, 2.45) is 0 Å². The molecule has 1 saturated heterocycles. The third-order valence-electron chi connectivity index (χ3n) is 3.42. The number of benzene rings is 1. The molecule has 1 aromatic carbocycles. The molecule has 19 heavy (non-hydrogen) atoms. The molecule has 0 aromatic heterocycles. The first-order chi connectivity index (χ1) is 9.18. The van der Waals surface area contributed by atoms with Crippen LogP contribution in [0.5, 0.6) is 0 Å². The number of carboxylic acid groups (broad SMARTS) is 1. The number of nitrogens with zero attached hydrogens (tertiary/aromatic N) is 1. The summed E-state index contributed by atoms with van der Waals surface area (Å²) in [5, 5.41) is 12.4. The minimum Gasteiger partial charge on any atom is -0.478 e. The molecular formula is C14H19BrN2O2.